The number of amides is 6. The Balaban J connectivity index is 0.788. The quantitative estimate of drug-likeness (QED) is 0.0393. The Labute approximate surface area is 430 Å². The molecule has 1 aromatic carbocycles. The molecule has 3 aliphatic heterocycles. The van der Waals surface area contributed by atoms with Gasteiger partial charge in [-0.2, -0.15) is 11.8 Å². The number of nitrogens with zero attached hydrogens (tertiary/aromatic N) is 4. The number of aryl methyl sites for hydroxylation is 1. The SMILES string of the molecule is C=CC(=O)N1CCC(c2ccc(C)c(Nc3ccc(C(=O)N4CCN(C(=O)CCCCNC(=O)CCOCCOCCOCCOCCNC(=O)CCCCC5SCC(NC=O)C5NC)CC4)cc3)n2)CC1. The Bertz CT molecular complexity index is 2000. The highest BCUT2D eigenvalue weighted by molar-refractivity contribution is 8.00. The number of piperazine rings is 1. The molecule has 3 aliphatic rings. The number of hydrogen-bond acceptors (Lipinski definition) is 14. The third-order valence-corrected chi connectivity index (χ3v) is 14.7. The topological polar surface area (TPSA) is 222 Å². The smallest absolute Gasteiger partial charge is 0.253 e. The predicted octanol–water partition coefficient (Wildman–Crippen LogP) is 3.55. The summed E-state index contributed by atoms with van der Waals surface area (Å²) in [5, 5.41) is 15.8. The molecule has 398 valence electrons. The zero-order chi connectivity index (χ0) is 51.3. The van der Waals surface area contributed by atoms with Gasteiger partial charge >= 0.3 is 0 Å². The summed E-state index contributed by atoms with van der Waals surface area (Å²) in [5.74, 6) is 1.83. The van der Waals surface area contributed by atoms with Gasteiger partial charge in [0.15, 0.2) is 0 Å². The highest BCUT2D eigenvalue weighted by atomic mass is 32.2. The molecule has 5 N–H and O–H groups in total. The normalized spacial score (nSPS) is 18.1. The number of likely N-dealkylation sites (tertiary alicyclic amines) is 1. The first-order valence-corrected chi connectivity index (χ1v) is 26.8. The molecule has 0 saturated carbocycles. The number of piperidine rings is 1. The standard InChI is InChI=1S/C52H79N9O10S/c1-4-48(65)59-23-18-40(19-24-59)43-17-12-39(2)51(58-43)57-42-15-13-41(14-16-42)52(67)61-27-25-60(26-28-61)49(66)11-7-8-21-54-47(64)20-29-68-31-33-70-35-36-71-34-32-69-30-22-55-46(63)10-6-5-9-45-50(53-3)44(37-72-45)56-38-62/h4,12-17,38,40,44-45,50,53H,1,5-11,18-37H2,2-3H3,(H,54,64)(H,55,63)(H,56,62)(H,57,58). The Hall–Kier alpha value is -5.12. The largest absolute Gasteiger partial charge is 0.379 e. The van der Waals surface area contributed by atoms with Crippen molar-refractivity contribution in [1.82, 2.24) is 41.0 Å². The van der Waals surface area contributed by atoms with Crippen LogP contribution in [0.3, 0.4) is 0 Å². The van der Waals surface area contributed by atoms with E-state index in [1.165, 1.54) is 6.08 Å². The van der Waals surface area contributed by atoms with E-state index in [0.29, 0.717) is 135 Å². The van der Waals surface area contributed by atoms with E-state index >= 15 is 0 Å². The van der Waals surface area contributed by atoms with Gasteiger partial charge in [0.1, 0.15) is 5.82 Å². The first-order valence-electron chi connectivity index (χ1n) is 25.8. The van der Waals surface area contributed by atoms with Gasteiger partial charge in [-0.15, -0.1) is 0 Å². The van der Waals surface area contributed by atoms with E-state index in [9.17, 15) is 28.8 Å². The van der Waals surface area contributed by atoms with Crippen LogP contribution in [0.5, 0.6) is 0 Å². The number of thioether (sulfide) groups is 1. The molecule has 6 amide bonds. The lowest BCUT2D eigenvalue weighted by molar-refractivity contribution is -0.132. The monoisotopic (exact) mass is 1020 g/mol. The van der Waals surface area contributed by atoms with Gasteiger partial charge in [-0.3, -0.25) is 28.8 Å². The van der Waals surface area contributed by atoms with Gasteiger partial charge in [0.2, 0.25) is 30.0 Å². The zero-order valence-electron chi connectivity index (χ0n) is 42.5. The van der Waals surface area contributed by atoms with Crippen molar-refractivity contribution in [3.05, 3.63) is 65.9 Å². The molecule has 72 heavy (non-hydrogen) atoms. The van der Waals surface area contributed by atoms with Gasteiger partial charge < -0.3 is 60.2 Å². The fourth-order valence-corrected chi connectivity index (χ4v) is 10.6. The van der Waals surface area contributed by atoms with Crippen molar-refractivity contribution in [2.45, 2.75) is 94.4 Å². The average molecular weight is 1020 g/mol. The number of benzene rings is 1. The second-order valence-electron chi connectivity index (χ2n) is 18.3. The Kier molecular flexibility index (Phi) is 26.4. The van der Waals surface area contributed by atoms with Crippen LogP contribution in [0.2, 0.25) is 0 Å². The molecule has 3 fully saturated rings. The van der Waals surface area contributed by atoms with E-state index in [2.05, 4.69) is 45.3 Å². The third-order valence-electron chi connectivity index (χ3n) is 13.2. The van der Waals surface area contributed by atoms with E-state index in [-0.39, 0.29) is 60.6 Å². The molecule has 0 spiro atoms. The molecule has 20 heteroatoms. The number of rotatable bonds is 33. The maximum atomic E-state index is 13.4. The number of aromatic nitrogens is 1. The number of likely N-dealkylation sites (N-methyl/N-ethyl adjacent to an activating group) is 1. The van der Waals surface area contributed by atoms with Crippen LogP contribution >= 0.6 is 11.8 Å². The number of pyridine rings is 1. The Morgan fingerprint density at radius 2 is 1.35 bits per heavy atom. The summed E-state index contributed by atoms with van der Waals surface area (Å²) in [6, 6.07) is 11.9. The zero-order valence-corrected chi connectivity index (χ0v) is 43.3. The van der Waals surface area contributed by atoms with E-state index in [0.717, 1.165) is 67.0 Å². The number of carbonyl (C=O) groups is 6. The van der Waals surface area contributed by atoms with E-state index in [1.54, 1.807) is 4.90 Å². The van der Waals surface area contributed by atoms with Gasteiger partial charge in [0, 0.05) is 112 Å². The molecule has 2 aromatic rings. The number of anilines is 2. The second kappa shape index (κ2) is 32.8. The van der Waals surface area contributed by atoms with Crippen LogP contribution in [0, 0.1) is 6.92 Å². The summed E-state index contributed by atoms with van der Waals surface area (Å²) in [4.78, 5) is 83.8. The van der Waals surface area contributed by atoms with Gasteiger partial charge in [-0.25, -0.2) is 4.98 Å². The molecule has 5 rings (SSSR count). The lowest BCUT2D eigenvalue weighted by Gasteiger charge is -2.35. The molecule has 0 bridgehead atoms. The maximum absolute atomic E-state index is 13.4. The van der Waals surface area contributed by atoms with Crippen molar-refractivity contribution in [2.75, 3.05) is 123 Å². The molecular weight excluding hydrogens is 943 g/mol. The number of ether oxygens (including phenoxy) is 4. The first kappa shape index (κ1) is 57.8. The van der Waals surface area contributed by atoms with Crippen molar-refractivity contribution in [3.63, 3.8) is 0 Å². The van der Waals surface area contributed by atoms with Gasteiger partial charge in [-0.1, -0.05) is 19.1 Å². The molecule has 3 atom stereocenters. The van der Waals surface area contributed by atoms with Crippen molar-refractivity contribution < 1.29 is 47.7 Å². The van der Waals surface area contributed by atoms with Crippen LogP contribution in [0.25, 0.3) is 0 Å². The molecular formula is C52H79N9O10S. The highest BCUT2D eigenvalue weighted by Gasteiger charge is 2.35. The number of nitrogens with one attached hydrogen (secondary N) is 5. The molecule has 4 heterocycles. The highest BCUT2D eigenvalue weighted by Crippen LogP contribution is 2.32. The minimum Gasteiger partial charge on any atom is -0.379 e. The number of carbonyl (C=O) groups excluding carboxylic acids is 6. The van der Waals surface area contributed by atoms with Gasteiger partial charge in [0.05, 0.1) is 58.9 Å². The van der Waals surface area contributed by atoms with Crippen LogP contribution < -0.4 is 26.6 Å². The van der Waals surface area contributed by atoms with E-state index in [4.69, 9.17) is 23.9 Å². The summed E-state index contributed by atoms with van der Waals surface area (Å²) >= 11 is 1.87. The Morgan fingerprint density at radius 1 is 0.722 bits per heavy atom. The van der Waals surface area contributed by atoms with Crippen LogP contribution in [-0.4, -0.2) is 191 Å². The summed E-state index contributed by atoms with van der Waals surface area (Å²) < 4.78 is 22.1. The van der Waals surface area contributed by atoms with Gasteiger partial charge in [-0.05, 0) is 94.5 Å². The van der Waals surface area contributed by atoms with Crippen LogP contribution in [-0.2, 0) is 42.9 Å². The van der Waals surface area contributed by atoms with Crippen molar-refractivity contribution in [1.29, 1.82) is 0 Å². The summed E-state index contributed by atoms with van der Waals surface area (Å²) in [7, 11) is 1.92. The van der Waals surface area contributed by atoms with Crippen molar-refractivity contribution >= 4 is 59.2 Å². The third kappa shape index (κ3) is 20.1. The summed E-state index contributed by atoms with van der Waals surface area (Å²) in [6.07, 6.45) is 9.10. The molecule has 1 aromatic heterocycles. The molecule has 3 unspecified atom stereocenters. The first-order chi connectivity index (χ1) is 35.1. The minimum atomic E-state index is -0.102. The summed E-state index contributed by atoms with van der Waals surface area (Å²) in [6.45, 7) is 13.0. The number of unbranched alkanes of at least 4 members (excludes halogenated alkanes) is 2. The van der Waals surface area contributed by atoms with E-state index in [1.807, 2.05) is 59.8 Å². The molecule has 0 radical (unpaired) electrons. The molecule has 3 saturated heterocycles. The Morgan fingerprint density at radius 3 is 2.01 bits per heavy atom. The second-order valence-corrected chi connectivity index (χ2v) is 19.5. The van der Waals surface area contributed by atoms with E-state index < -0.39 is 0 Å². The van der Waals surface area contributed by atoms with Crippen molar-refractivity contribution in [2.24, 2.45) is 0 Å². The van der Waals surface area contributed by atoms with Crippen LogP contribution in [0.1, 0.15) is 91.7 Å². The fraction of sp³-hybridized carbons (Fsp3) is 0.635. The number of hydrogen-bond donors (Lipinski definition) is 5. The minimum absolute atomic E-state index is 0.0251. The molecule has 19 nitrogen and oxygen atoms in total. The molecule has 0 aliphatic carbocycles. The van der Waals surface area contributed by atoms with Crippen molar-refractivity contribution in [3.8, 4) is 0 Å². The summed E-state index contributed by atoms with van der Waals surface area (Å²) in [5.41, 5.74) is 3.43. The lowest BCUT2D eigenvalue weighted by atomic mass is 9.92. The van der Waals surface area contributed by atoms with Crippen LogP contribution in [0.15, 0.2) is 49.1 Å². The van der Waals surface area contributed by atoms with Gasteiger partial charge in [0.25, 0.3) is 5.91 Å². The lowest BCUT2D eigenvalue weighted by Crippen LogP contribution is -2.50. The maximum Gasteiger partial charge on any atom is 0.253 e. The fourth-order valence-electron chi connectivity index (χ4n) is 8.96. The average Bonchev–Trinajstić information content (AvgIpc) is 3.79. The predicted molar refractivity (Wildman–Crippen MR) is 278 cm³/mol. The van der Waals surface area contributed by atoms with Crippen LogP contribution in [0.4, 0.5) is 11.5 Å².